The number of anilines is 1. The third-order valence-electron chi connectivity index (χ3n) is 2.87. The number of rotatable bonds is 4. The Morgan fingerprint density at radius 2 is 1.79 bits per heavy atom. The molecule has 3 N–H and O–H groups in total. The molecule has 0 saturated heterocycles. The van der Waals surface area contributed by atoms with Gasteiger partial charge >= 0.3 is 0 Å². The van der Waals surface area contributed by atoms with Gasteiger partial charge in [0.1, 0.15) is 17.4 Å². The monoisotopic (exact) mass is 255 g/mol. The highest BCUT2D eigenvalue weighted by atomic mass is 19.1. The molecule has 0 atom stereocenters. The molecule has 0 heterocycles. The van der Waals surface area contributed by atoms with Crippen molar-refractivity contribution in [1.29, 1.82) is 5.26 Å². The summed E-state index contributed by atoms with van der Waals surface area (Å²) in [6.07, 6.45) is 0. The van der Waals surface area contributed by atoms with Gasteiger partial charge in [0, 0.05) is 13.1 Å². The maximum atomic E-state index is 13.4. The maximum absolute atomic E-state index is 13.4. The lowest BCUT2D eigenvalue weighted by Gasteiger charge is -2.09. The van der Waals surface area contributed by atoms with Crippen LogP contribution < -0.4 is 11.1 Å². The van der Waals surface area contributed by atoms with Crippen LogP contribution in [-0.2, 0) is 13.1 Å². The Morgan fingerprint density at radius 1 is 1.11 bits per heavy atom. The van der Waals surface area contributed by atoms with E-state index >= 15 is 0 Å². The Labute approximate surface area is 111 Å². The lowest BCUT2D eigenvalue weighted by Crippen LogP contribution is -2.03. The van der Waals surface area contributed by atoms with Crippen molar-refractivity contribution in [2.24, 2.45) is 5.73 Å². The SMILES string of the molecule is N#Cc1c(F)cccc1NCc1ccc(CN)cc1. The molecule has 0 radical (unpaired) electrons. The van der Waals surface area contributed by atoms with Gasteiger partial charge in [0.25, 0.3) is 0 Å². The summed E-state index contributed by atoms with van der Waals surface area (Å²) >= 11 is 0. The smallest absolute Gasteiger partial charge is 0.143 e. The van der Waals surface area contributed by atoms with Crippen LogP contribution in [-0.4, -0.2) is 0 Å². The van der Waals surface area contributed by atoms with E-state index in [1.54, 1.807) is 12.1 Å². The number of nitrogens with one attached hydrogen (secondary N) is 1. The van der Waals surface area contributed by atoms with Gasteiger partial charge in [-0.2, -0.15) is 5.26 Å². The van der Waals surface area contributed by atoms with Gasteiger partial charge in [0.15, 0.2) is 0 Å². The van der Waals surface area contributed by atoms with Crippen LogP contribution in [0.1, 0.15) is 16.7 Å². The van der Waals surface area contributed by atoms with Gasteiger partial charge in [-0.3, -0.25) is 0 Å². The molecule has 0 fully saturated rings. The fraction of sp³-hybridized carbons (Fsp3) is 0.133. The first kappa shape index (κ1) is 13.1. The molecule has 2 aromatic rings. The summed E-state index contributed by atoms with van der Waals surface area (Å²) in [5.41, 5.74) is 8.18. The first-order valence-electron chi connectivity index (χ1n) is 5.95. The second-order valence-corrected chi connectivity index (χ2v) is 4.15. The van der Waals surface area contributed by atoms with E-state index in [1.165, 1.54) is 6.07 Å². The number of nitrogens with two attached hydrogens (primary N) is 1. The summed E-state index contributed by atoms with van der Waals surface area (Å²) in [4.78, 5) is 0. The van der Waals surface area contributed by atoms with E-state index in [-0.39, 0.29) is 5.56 Å². The van der Waals surface area contributed by atoms with Crippen LogP contribution in [0, 0.1) is 17.1 Å². The van der Waals surface area contributed by atoms with Gasteiger partial charge in [0.05, 0.1) is 5.69 Å². The number of hydrogen-bond acceptors (Lipinski definition) is 3. The van der Waals surface area contributed by atoms with Crippen molar-refractivity contribution in [3.8, 4) is 6.07 Å². The van der Waals surface area contributed by atoms with Crippen molar-refractivity contribution in [3.63, 3.8) is 0 Å². The van der Waals surface area contributed by atoms with Crippen LogP contribution >= 0.6 is 0 Å². The van der Waals surface area contributed by atoms with Crippen molar-refractivity contribution < 1.29 is 4.39 Å². The van der Waals surface area contributed by atoms with E-state index in [1.807, 2.05) is 30.3 Å². The van der Waals surface area contributed by atoms with E-state index in [4.69, 9.17) is 11.0 Å². The van der Waals surface area contributed by atoms with E-state index < -0.39 is 5.82 Å². The maximum Gasteiger partial charge on any atom is 0.143 e. The van der Waals surface area contributed by atoms with Gasteiger partial charge in [-0.25, -0.2) is 4.39 Å². The molecule has 2 aromatic carbocycles. The predicted molar refractivity (Wildman–Crippen MR) is 72.8 cm³/mol. The molecule has 0 aliphatic rings. The van der Waals surface area contributed by atoms with Crippen molar-refractivity contribution in [1.82, 2.24) is 0 Å². The second kappa shape index (κ2) is 5.98. The zero-order chi connectivity index (χ0) is 13.7. The van der Waals surface area contributed by atoms with Crippen LogP contribution in [0.2, 0.25) is 0 Å². The Balaban J connectivity index is 2.10. The van der Waals surface area contributed by atoms with E-state index in [2.05, 4.69) is 5.32 Å². The fourth-order valence-corrected chi connectivity index (χ4v) is 1.78. The highest BCUT2D eigenvalue weighted by Gasteiger charge is 2.06. The topological polar surface area (TPSA) is 61.8 Å². The molecule has 0 spiro atoms. The van der Waals surface area contributed by atoms with Gasteiger partial charge in [-0.15, -0.1) is 0 Å². The molecule has 96 valence electrons. The number of nitriles is 1. The normalized spacial score (nSPS) is 9.95. The van der Waals surface area contributed by atoms with Crippen LogP contribution in [0.5, 0.6) is 0 Å². The zero-order valence-electron chi connectivity index (χ0n) is 10.4. The molecule has 0 unspecified atom stereocenters. The van der Waals surface area contributed by atoms with Gasteiger partial charge in [-0.05, 0) is 23.3 Å². The van der Waals surface area contributed by atoms with Gasteiger partial charge in [0.2, 0.25) is 0 Å². The standard InChI is InChI=1S/C15H14FN3/c16-14-2-1-3-15(13(14)9-18)19-10-12-6-4-11(8-17)5-7-12/h1-7,19H,8,10,17H2. The molecule has 0 saturated carbocycles. The van der Waals surface area contributed by atoms with Crippen molar-refractivity contribution in [3.05, 3.63) is 65.0 Å². The van der Waals surface area contributed by atoms with E-state index in [0.29, 0.717) is 18.8 Å². The summed E-state index contributed by atoms with van der Waals surface area (Å²) in [5, 5.41) is 12.0. The number of hydrogen-bond donors (Lipinski definition) is 2. The molecule has 2 rings (SSSR count). The minimum atomic E-state index is -0.508. The van der Waals surface area contributed by atoms with Crippen LogP contribution in [0.3, 0.4) is 0 Å². The minimum Gasteiger partial charge on any atom is -0.380 e. The summed E-state index contributed by atoms with van der Waals surface area (Å²) in [7, 11) is 0. The highest BCUT2D eigenvalue weighted by molar-refractivity contribution is 5.58. The third-order valence-corrected chi connectivity index (χ3v) is 2.87. The first-order valence-corrected chi connectivity index (χ1v) is 5.95. The minimum absolute atomic E-state index is 0.0427. The predicted octanol–water partition coefficient (Wildman–Crippen LogP) is 2.77. The van der Waals surface area contributed by atoms with E-state index in [0.717, 1.165) is 11.1 Å². The first-order chi connectivity index (χ1) is 9.24. The summed E-state index contributed by atoms with van der Waals surface area (Å²) in [5.74, 6) is -0.508. The summed E-state index contributed by atoms with van der Waals surface area (Å²) in [6.45, 7) is 1.04. The average molecular weight is 255 g/mol. The number of nitrogens with zero attached hydrogens (tertiary/aromatic N) is 1. The quantitative estimate of drug-likeness (QED) is 0.883. The third kappa shape index (κ3) is 3.09. The lowest BCUT2D eigenvalue weighted by molar-refractivity contribution is 0.624. The molecule has 4 heteroatoms. The number of halogens is 1. The Morgan fingerprint density at radius 3 is 2.42 bits per heavy atom. The van der Waals surface area contributed by atoms with E-state index in [9.17, 15) is 4.39 Å². The Hall–Kier alpha value is -2.38. The number of benzene rings is 2. The van der Waals surface area contributed by atoms with Crippen LogP contribution in [0.15, 0.2) is 42.5 Å². The lowest BCUT2D eigenvalue weighted by atomic mass is 10.1. The highest BCUT2D eigenvalue weighted by Crippen LogP contribution is 2.18. The molecule has 0 aliphatic heterocycles. The van der Waals surface area contributed by atoms with Crippen LogP contribution in [0.4, 0.5) is 10.1 Å². The molecule has 0 aromatic heterocycles. The van der Waals surface area contributed by atoms with Gasteiger partial charge in [-0.1, -0.05) is 30.3 Å². The van der Waals surface area contributed by atoms with Crippen LogP contribution in [0.25, 0.3) is 0 Å². The Bertz CT molecular complexity index is 600. The van der Waals surface area contributed by atoms with Crippen molar-refractivity contribution in [2.45, 2.75) is 13.1 Å². The zero-order valence-corrected chi connectivity index (χ0v) is 10.4. The van der Waals surface area contributed by atoms with Crippen molar-refractivity contribution in [2.75, 3.05) is 5.32 Å². The molecule has 0 amide bonds. The largest absolute Gasteiger partial charge is 0.380 e. The second-order valence-electron chi connectivity index (χ2n) is 4.15. The van der Waals surface area contributed by atoms with Crippen molar-refractivity contribution >= 4 is 5.69 Å². The molecule has 0 bridgehead atoms. The molecule has 19 heavy (non-hydrogen) atoms. The molecule has 0 aliphatic carbocycles. The molecule has 3 nitrogen and oxygen atoms in total. The molecular weight excluding hydrogens is 241 g/mol. The van der Waals surface area contributed by atoms with Gasteiger partial charge < -0.3 is 11.1 Å². The Kier molecular flexibility index (Phi) is 4.11. The summed E-state index contributed by atoms with van der Waals surface area (Å²) < 4.78 is 13.4. The summed E-state index contributed by atoms with van der Waals surface area (Å²) in [6, 6.07) is 14.2. The average Bonchev–Trinajstić information content (AvgIpc) is 2.45. The molecular formula is C15H14FN3. The fourth-order valence-electron chi connectivity index (χ4n) is 1.78.